The van der Waals surface area contributed by atoms with Crippen molar-refractivity contribution in [2.45, 2.75) is 6.18 Å². The number of hydrogen-bond acceptors (Lipinski definition) is 2. The molecule has 1 aliphatic heterocycles. The molecule has 3 nitrogen and oxygen atoms in total. The molecule has 1 aromatic carbocycles. The van der Waals surface area contributed by atoms with Crippen molar-refractivity contribution in [1.29, 1.82) is 0 Å². The molecule has 1 aromatic rings. The van der Waals surface area contributed by atoms with E-state index in [0.29, 0.717) is 11.1 Å². The van der Waals surface area contributed by atoms with Gasteiger partial charge in [-0.1, -0.05) is 12.1 Å². The molecule has 6 heteroatoms. The van der Waals surface area contributed by atoms with Gasteiger partial charge in [0.2, 0.25) is 0 Å². The van der Waals surface area contributed by atoms with E-state index in [4.69, 9.17) is 0 Å². The van der Waals surface area contributed by atoms with E-state index in [9.17, 15) is 23.1 Å². The zero-order chi connectivity index (χ0) is 12.6. The van der Waals surface area contributed by atoms with Crippen molar-refractivity contribution in [3.8, 4) is 0 Å². The maximum Gasteiger partial charge on any atom is 0.416 e. The Balaban J connectivity index is 2.34. The van der Waals surface area contributed by atoms with E-state index < -0.39 is 23.4 Å². The molecular weight excluding hydrogens is 235 g/mol. The number of aliphatic hydroxyl groups excluding tert-OH is 1. The van der Waals surface area contributed by atoms with Gasteiger partial charge in [0, 0.05) is 12.1 Å². The summed E-state index contributed by atoms with van der Waals surface area (Å²) in [5.41, 5.74) is -0.0591. The fourth-order valence-electron chi connectivity index (χ4n) is 1.57. The largest absolute Gasteiger partial charge is 0.503 e. The molecule has 0 radical (unpaired) electrons. The number of alkyl halides is 3. The normalized spacial score (nSPS) is 16.3. The molecular formula is C11H8F3NO2. The predicted octanol–water partition coefficient (Wildman–Crippen LogP) is 2.10. The lowest BCUT2D eigenvalue weighted by Gasteiger charge is -2.07. The molecule has 0 fully saturated rings. The van der Waals surface area contributed by atoms with Crippen LogP contribution < -0.4 is 5.32 Å². The van der Waals surface area contributed by atoms with Gasteiger partial charge in [0.15, 0.2) is 5.76 Å². The molecule has 0 bridgehead atoms. The summed E-state index contributed by atoms with van der Waals surface area (Å²) in [4.78, 5) is 11.0. The Bertz CT molecular complexity index is 488. The van der Waals surface area contributed by atoms with Crippen LogP contribution in [0.3, 0.4) is 0 Å². The maximum atomic E-state index is 12.3. The Morgan fingerprint density at radius 3 is 2.18 bits per heavy atom. The molecule has 0 aliphatic carbocycles. The predicted molar refractivity (Wildman–Crippen MR) is 54.0 cm³/mol. The van der Waals surface area contributed by atoms with E-state index >= 15 is 0 Å². The molecule has 0 saturated carbocycles. The second kappa shape index (κ2) is 3.80. The molecule has 0 aromatic heterocycles. The fraction of sp³-hybridized carbons (Fsp3) is 0.182. The van der Waals surface area contributed by atoms with Gasteiger partial charge in [-0.15, -0.1) is 0 Å². The monoisotopic (exact) mass is 243 g/mol. The minimum atomic E-state index is -4.39. The van der Waals surface area contributed by atoms with Crippen molar-refractivity contribution in [1.82, 2.24) is 5.32 Å². The summed E-state index contributed by atoms with van der Waals surface area (Å²) in [5.74, 6) is -1.05. The highest BCUT2D eigenvalue weighted by atomic mass is 19.4. The first-order chi connectivity index (χ1) is 7.89. The highest BCUT2D eigenvalue weighted by molar-refractivity contribution is 6.03. The second-order valence-electron chi connectivity index (χ2n) is 3.58. The lowest BCUT2D eigenvalue weighted by atomic mass is 10.0. The molecule has 1 heterocycles. The topological polar surface area (TPSA) is 49.3 Å². The molecule has 2 rings (SSSR count). The summed E-state index contributed by atoms with van der Waals surface area (Å²) < 4.78 is 36.9. The zero-order valence-electron chi connectivity index (χ0n) is 8.51. The quantitative estimate of drug-likeness (QED) is 0.793. The molecule has 1 aliphatic rings. The number of amides is 1. The van der Waals surface area contributed by atoms with Gasteiger partial charge in [-0.05, 0) is 17.7 Å². The number of carbonyl (C=O) groups is 1. The van der Waals surface area contributed by atoms with Crippen LogP contribution in [0.4, 0.5) is 13.2 Å². The van der Waals surface area contributed by atoms with Gasteiger partial charge in [0.25, 0.3) is 5.91 Å². The molecule has 0 unspecified atom stereocenters. The number of halogens is 3. The first-order valence-electron chi connectivity index (χ1n) is 4.77. The van der Waals surface area contributed by atoms with Crippen LogP contribution in [0.25, 0.3) is 5.57 Å². The maximum absolute atomic E-state index is 12.3. The van der Waals surface area contributed by atoms with Gasteiger partial charge >= 0.3 is 6.18 Å². The zero-order valence-corrected chi connectivity index (χ0v) is 8.51. The number of rotatable bonds is 1. The van der Waals surface area contributed by atoms with Crippen LogP contribution in [0.15, 0.2) is 30.0 Å². The van der Waals surface area contributed by atoms with Gasteiger partial charge in [-0.25, -0.2) is 0 Å². The van der Waals surface area contributed by atoms with E-state index in [0.717, 1.165) is 12.1 Å². The van der Waals surface area contributed by atoms with Crippen LogP contribution in [-0.2, 0) is 11.0 Å². The van der Waals surface area contributed by atoms with Crippen molar-refractivity contribution < 1.29 is 23.1 Å². The molecule has 2 N–H and O–H groups in total. The van der Waals surface area contributed by atoms with E-state index in [1.165, 1.54) is 12.1 Å². The summed E-state index contributed by atoms with van der Waals surface area (Å²) >= 11 is 0. The number of benzene rings is 1. The minimum Gasteiger partial charge on any atom is -0.503 e. The third-order valence-corrected chi connectivity index (χ3v) is 2.49. The SMILES string of the molecule is O=C1NCC(c2ccc(C(F)(F)F)cc2)=C1O. The van der Waals surface area contributed by atoms with Crippen molar-refractivity contribution in [3.05, 3.63) is 41.2 Å². The van der Waals surface area contributed by atoms with Crippen molar-refractivity contribution >= 4 is 11.5 Å². The summed E-state index contributed by atoms with van der Waals surface area (Å²) in [6.07, 6.45) is -4.39. The van der Waals surface area contributed by atoms with Crippen LogP contribution >= 0.6 is 0 Å². The lowest BCUT2D eigenvalue weighted by Crippen LogP contribution is -2.17. The minimum absolute atomic E-state index is 0.121. The van der Waals surface area contributed by atoms with Crippen LogP contribution in [0, 0.1) is 0 Å². The molecule has 90 valence electrons. The van der Waals surface area contributed by atoms with Crippen molar-refractivity contribution in [2.24, 2.45) is 0 Å². The molecule has 17 heavy (non-hydrogen) atoms. The number of carbonyl (C=O) groups excluding carboxylic acids is 1. The fourth-order valence-corrected chi connectivity index (χ4v) is 1.57. The van der Waals surface area contributed by atoms with E-state index in [2.05, 4.69) is 5.32 Å². The molecule has 0 saturated heterocycles. The van der Waals surface area contributed by atoms with Crippen LogP contribution in [0.1, 0.15) is 11.1 Å². The smallest absolute Gasteiger partial charge is 0.416 e. The summed E-state index contributed by atoms with van der Waals surface area (Å²) in [6.45, 7) is 0.121. The van der Waals surface area contributed by atoms with Gasteiger partial charge < -0.3 is 10.4 Å². The summed E-state index contributed by atoms with van der Waals surface area (Å²) in [6, 6.07) is 4.29. The second-order valence-corrected chi connectivity index (χ2v) is 3.58. The van der Waals surface area contributed by atoms with E-state index in [1.807, 2.05) is 0 Å². The Morgan fingerprint density at radius 2 is 1.76 bits per heavy atom. The Hall–Kier alpha value is -1.98. The Kier molecular flexibility index (Phi) is 2.57. The number of aliphatic hydroxyl groups is 1. The molecule has 1 amide bonds. The first-order valence-corrected chi connectivity index (χ1v) is 4.77. The van der Waals surface area contributed by atoms with Gasteiger partial charge in [-0.2, -0.15) is 13.2 Å². The average Bonchev–Trinajstić information content (AvgIpc) is 2.59. The third kappa shape index (κ3) is 2.11. The highest BCUT2D eigenvalue weighted by Gasteiger charge is 2.30. The van der Waals surface area contributed by atoms with Gasteiger partial charge in [0.05, 0.1) is 5.56 Å². The average molecular weight is 243 g/mol. The highest BCUT2D eigenvalue weighted by Crippen LogP contribution is 2.30. The van der Waals surface area contributed by atoms with Gasteiger partial charge in [-0.3, -0.25) is 4.79 Å². The van der Waals surface area contributed by atoms with E-state index in [-0.39, 0.29) is 6.54 Å². The number of nitrogens with one attached hydrogen (secondary N) is 1. The summed E-state index contributed by atoms with van der Waals surface area (Å²) in [7, 11) is 0. The van der Waals surface area contributed by atoms with Crippen LogP contribution in [-0.4, -0.2) is 17.6 Å². The van der Waals surface area contributed by atoms with Crippen LogP contribution in [0.2, 0.25) is 0 Å². The van der Waals surface area contributed by atoms with E-state index in [1.54, 1.807) is 0 Å². The Morgan fingerprint density at radius 1 is 1.18 bits per heavy atom. The molecule has 0 spiro atoms. The number of hydrogen-bond donors (Lipinski definition) is 2. The lowest BCUT2D eigenvalue weighted by molar-refractivity contribution is -0.137. The van der Waals surface area contributed by atoms with Crippen LogP contribution in [0.5, 0.6) is 0 Å². The Labute approximate surface area is 94.6 Å². The third-order valence-electron chi connectivity index (χ3n) is 2.49. The molecule has 0 atom stereocenters. The first kappa shape index (κ1) is 11.5. The van der Waals surface area contributed by atoms with Gasteiger partial charge in [0.1, 0.15) is 0 Å². The van der Waals surface area contributed by atoms with Crippen molar-refractivity contribution in [3.63, 3.8) is 0 Å². The standard InChI is InChI=1S/C11H8F3NO2/c12-11(13,14)7-3-1-6(2-4-7)8-5-15-10(17)9(8)16/h1-4,16H,5H2,(H,15,17). The summed E-state index contributed by atoms with van der Waals surface area (Å²) in [5, 5.41) is 11.8. The van der Waals surface area contributed by atoms with Crippen molar-refractivity contribution in [2.75, 3.05) is 6.54 Å².